The van der Waals surface area contributed by atoms with Crippen molar-refractivity contribution in [1.29, 1.82) is 0 Å². The van der Waals surface area contributed by atoms with Gasteiger partial charge in [-0.15, -0.1) is 11.3 Å². The van der Waals surface area contributed by atoms with Crippen LogP contribution in [0.3, 0.4) is 0 Å². The zero-order valence-electron chi connectivity index (χ0n) is 13.1. The molecule has 2 aromatic rings. The number of thiazole rings is 1. The lowest BCUT2D eigenvalue weighted by molar-refractivity contribution is -0.111. The number of nitrogens with one attached hydrogen (secondary N) is 1. The van der Waals surface area contributed by atoms with Gasteiger partial charge in [0.05, 0.1) is 5.69 Å². The predicted molar refractivity (Wildman–Crippen MR) is 89.8 cm³/mol. The maximum absolute atomic E-state index is 11.8. The predicted octanol–water partition coefficient (Wildman–Crippen LogP) is 4.64. The molecule has 3 nitrogen and oxygen atoms in total. The van der Waals surface area contributed by atoms with Crippen LogP contribution in [0.2, 0.25) is 0 Å². The van der Waals surface area contributed by atoms with Crippen molar-refractivity contribution in [3.05, 3.63) is 45.9 Å². The van der Waals surface area contributed by atoms with E-state index >= 15 is 0 Å². The highest BCUT2D eigenvalue weighted by Crippen LogP contribution is 2.31. The molecule has 1 amide bonds. The molecule has 2 rings (SSSR count). The molecule has 0 atom stereocenters. The fourth-order valence-electron chi connectivity index (χ4n) is 2.01. The first kappa shape index (κ1) is 15.4. The third kappa shape index (κ3) is 3.79. The molecule has 1 aromatic heterocycles. The smallest absolute Gasteiger partial charge is 0.250 e. The van der Waals surface area contributed by atoms with Crippen molar-refractivity contribution in [3.8, 4) is 11.3 Å². The minimum Gasteiger partial charge on any atom is -0.298 e. The van der Waals surface area contributed by atoms with E-state index in [2.05, 4.69) is 42.3 Å². The number of benzene rings is 1. The van der Waals surface area contributed by atoms with Crippen LogP contribution in [-0.4, -0.2) is 10.9 Å². The van der Waals surface area contributed by atoms with Crippen LogP contribution in [0.5, 0.6) is 0 Å². The summed E-state index contributed by atoms with van der Waals surface area (Å²) in [7, 11) is 0. The molecule has 1 N–H and O–H groups in total. The van der Waals surface area contributed by atoms with Gasteiger partial charge in [0.25, 0.3) is 0 Å². The molecule has 0 unspecified atom stereocenters. The van der Waals surface area contributed by atoms with Crippen molar-refractivity contribution in [2.45, 2.75) is 34.6 Å². The number of hydrogen-bond acceptors (Lipinski definition) is 3. The number of hydrogen-bond donors (Lipinski definition) is 1. The van der Waals surface area contributed by atoms with Gasteiger partial charge in [-0.3, -0.25) is 10.1 Å². The first-order valence-corrected chi connectivity index (χ1v) is 7.69. The Morgan fingerprint density at radius 1 is 1.19 bits per heavy atom. The zero-order chi connectivity index (χ0) is 15.6. The Hall–Kier alpha value is -1.94. The number of rotatable bonds is 3. The van der Waals surface area contributed by atoms with Gasteiger partial charge in [-0.1, -0.05) is 17.7 Å². The average molecular weight is 300 g/mol. The van der Waals surface area contributed by atoms with Gasteiger partial charge in [0.2, 0.25) is 5.91 Å². The summed E-state index contributed by atoms with van der Waals surface area (Å²) in [4.78, 5) is 17.4. The zero-order valence-corrected chi connectivity index (χ0v) is 13.9. The van der Waals surface area contributed by atoms with E-state index in [4.69, 9.17) is 0 Å². The second-order valence-corrected chi connectivity index (χ2v) is 6.64. The normalized spacial score (nSPS) is 10.3. The molecule has 0 aliphatic heterocycles. The van der Waals surface area contributed by atoms with Crippen LogP contribution in [0.15, 0.2) is 29.8 Å². The van der Waals surface area contributed by atoms with E-state index < -0.39 is 0 Å². The third-order valence-corrected chi connectivity index (χ3v) is 4.11. The molecule has 110 valence electrons. The van der Waals surface area contributed by atoms with Crippen LogP contribution >= 0.6 is 11.3 Å². The van der Waals surface area contributed by atoms with Gasteiger partial charge >= 0.3 is 0 Å². The number of amides is 1. The maximum Gasteiger partial charge on any atom is 0.250 e. The van der Waals surface area contributed by atoms with Crippen LogP contribution < -0.4 is 5.32 Å². The van der Waals surface area contributed by atoms with E-state index in [0.717, 1.165) is 21.7 Å². The van der Waals surface area contributed by atoms with Gasteiger partial charge in [-0.05, 0) is 51.8 Å². The van der Waals surface area contributed by atoms with Crippen LogP contribution in [-0.2, 0) is 4.79 Å². The number of anilines is 1. The Bertz CT molecular complexity index is 710. The van der Waals surface area contributed by atoms with Crippen molar-refractivity contribution in [3.63, 3.8) is 0 Å². The highest BCUT2D eigenvalue weighted by atomic mass is 32.1. The molecule has 0 radical (unpaired) electrons. The molecule has 0 saturated heterocycles. The largest absolute Gasteiger partial charge is 0.298 e. The molecule has 0 bridgehead atoms. The van der Waals surface area contributed by atoms with Gasteiger partial charge in [-0.25, -0.2) is 4.98 Å². The highest BCUT2D eigenvalue weighted by molar-refractivity contribution is 7.16. The summed E-state index contributed by atoms with van der Waals surface area (Å²) in [6.45, 7) is 10.0. The van der Waals surface area contributed by atoms with Crippen molar-refractivity contribution < 1.29 is 4.79 Å². The molecular weight excluding hydrogens is 280 g/mol. The van der Waals surface area contributed by atoms with Crippen molar-refractivity contribution >= 4 is 22.4 Å². The van der Waals surface area contributed by atoms with E-state index in [-0.39, 0.29) is 5.91 Å². The van der Waals surface area contributed by atoms with Crippen molar-refractivity contribution in [2.75, 3.05) is 5.32 Å². The molecule has 0 saturated carbocycles. The van der Waals surface area contributed by atoms with Crippen LogP contribution in [0, 0.1) is 20.8 Å². The van der Waals surface area contributed by atoms with Gasteiger partial charge in [0.1, 0.15) is 0 Å². The lowest BCUT2D eigenvalue weighted by Gasteiger charge is -2.03. The molecule has 0 fully saturated rings. The number of carbonyl (C=O) groups is 1. The van der Waals surface area contributed by atoms with E-state index in [0.29, 0.717) is 5.13 Å². The highest BCUT2D eigenvalue weighted by Gasteiger charge is 2.11. The molecule has 1 aromatic carbocycles. The standard InChI is InChI=1S/C17H20N2OS/c1-10(2)8-15(20)18-17-19-16(13(5)21-17)14-7-6-11(3)12(4)9-14/h6-9H,1-5H3,(H,18,19,20). The molecule has 1 heterocycles. The Balaban J connectivity index is 2.29. The summed E-state index contributed by atoms with van der Waals surface area (Å²) in [6, 6.07) is 6.32. The Morgan fingerprint density at radius 2 is 1.90 bits per heavy atom. The van der Waals surface area contributed by atoms with E-state index in [1.807, 2.05) is 20.8 Å². The lowest BCUT2D eigenvalue weighted by Crippen LogP contribution is -2.07. The fraction of sp³-hybridized carbons (Fsp3) is 0.294. The molecule has 21 heavy (non-hydrogen) atoms. The lowest BCUT2D eigenvalue weighted by atomic mass is 10.0. The fourth-order valence-corrected chi connectivity index (χ4v) is 2.85. The Morgan fingerprint density at radius 3 is 2.52 bits per heavy atom. The number of carbonyl (C=O) groups excluding carboxylic acids is 1. The monoisotopic (exact) mass is 300 g/mol. The average Bonchev–Trinajstić information content (AvgIpc) is 2.72. The van der Waals surface area contributed by atoms with Gasteiger partial charge in [0.15, 0.2) is 5.13 Å². The van der Waals surface area contributed by atoms with Crippen LogP contribution in [0.25, 0.3) is 11.3 Å². The topological polar surface area (TPSA) is 42.0 Å². The second-order valence-electron chi connectivity index (χ2n) is 5.43. The van der Waals surface area contributed by atoms with E-state index in [9.17, 15) is 4.79 Å². The SMILES string of the molecule is CC(C)=CC(=O)Nc1nc(-c2ccc(C)c(C)c2)c(C)s1. The summed E-state index contributed by atoms with van der Waals surface area (Å²) in [5.41, 5.74) is 5.51. The molecule has 0 aliphatic carbocycles. The molecule has 0 aliphatic rings. The first-order chi connectivity index (χ1) is 9.86. The van der Waals surface area contributed by atoms with Gasteiger partial charge in [0, 0.05) is 16.5 Å². The van der Waals surface area contributed by atoms with Gasteiger partial charge in [-0.2, -0.15) is 0 Å². The van der Waals surface area contributed by atoms with Crippen LogP contribution in [0.4, 0.5) is 5.13 Å². The Kier molecular flexibility index (Phi) is 4.58. The van der Waals surface area contributed by atoms with E-state index in [1.165, 1.54) is 22.5 Å². The molecule has 0 spiro atoms. The summed E-state index contributed by atoms with van der Waals surface area (Å²) < 4.78 is 0. The Labute approximate surface area is 129 Å². The van der Waals surface area contributed by atoms with Gasteiger partial charge < -0.3 is 0 Å². The first-order valence-electron chi connectivity index (χ1n) is 6.87. The van der Waals surface area contributed by atoms with Crippen LogP contribution in [0.1, 0.15) is 29.9 Å². The summed E-state index contributed by atoms with van der Waals surface area (Å²) in [5, 5.41) is 3.46. The van der Waals surface area contributed by atoms with E-state index in [1.54, 1.807) is 6.08 Å². The summed E-state index contributed by atoms with van der Waals surface area (Å²) in [5.74, 6) is -0.129. The number of aromatic nitrogens is 1. The number of nitrogens with zero attached hydrogens (tertiary/aromatic N) is 1. The van der Waals surface area contributed by atoms with Crippen molar-refractivity contribution in [2.24, 2.45) is 0 Å². The third-order valence-electron chi connectivity index (χ3n) is 3.23. The minimum atomic E-state index is -0.129. The molecular formula is C17H20N2OS. The molecule has 4 heteroatoms. The quantitative estimate of drug-likeness (QED) is 0.839. The summed E-state index contributed by atoms with van der Waals surface area (Å²) in [6.07, 6.45) is 1.58. The number of allylic oxidation sites excluding steroid dienone is 1. The van der Waals surface area contributed by atoms with Crippen molar-refractivity contribution in [1.82, 2.24) is 4.98 Å². The second kappa shape index (κ2) is 6.22. The maximum atomic E-state index is 11.8. The number of aryl methyl sites for hydroxylation is 3. The minimum absolute atomic E-state index is 0.129. The summed E-state index contributed by atoms with van der Waals surface area (Å²) >= 11 is 1.50.